The van der Waals surface area contributed by atoms with Crippen LogP contribution < -0.4 is 4.72 Å². The fourth-order valence-corrected chi connectivity index (χ4v) is 3.74. The molecule has 106 valence electrons. The van der Waals surface area contributed by atoms with E-state index in [-0.39, 0.29) is 16.3 Å². The normalized spacial score (nSPS) is 11.4. The van der Waals surface area contributed by atoms with E-state index in [1.54, 1.807) is 0 Å². The molecule has 0 amide bonds. The number of aromatic carboxylic acids is 1. The van der Waals surface area contributed by atoms with E-state index in [1.807, 2.05) is 31.2 Å². The number of aryl methyl sites for hydroxylation is 1. The van der Waals surface area contributed by atoms with Crippen LogP contribution in [0.5, 0.6) is 0 Å². The van der Waals surface area contributed by atoms with Crippen molar-refractivity contribution in [1.82, 2.24) is 4.72 Å². The Morgan fingerprint density at radius 2 is 1.95 bits per heavy atom. The van der Waals surface area contributed by atoms with Crippen molar-refractivity contribution >= 4 is 27.3 Å². The van der Waals surface area contributed by atoms with Crippen LogP contribution in [-0.4, -0.2) is 19.5 Å². The molecule has 1 aromatic carbocycles. The average Bonchev–Trinajstić information content (AvgIpc) is 2.89. The summed E-state index contributed by atoms with van der Waals surface area (Å²) in [5, 5.41) is 10.1. The lowest BCUT2D eigenvalue weighted by atomic mass is 10.2. The van der Waals surface area contributed by atoms with Gasteiger partial charge in [0, 0.05) is 11.9 Å². The molecule has 7 heteroatoms. The number of thiophene rings is 1. The number of carboxylic acids is 1. The second-order valence-electron chi connectivity index (χ2n) is 4.27. The average molecular weight is 311 g/mol. The molecule has 0 spiro atoms. The van der Waals surface area contributed by atoms with Crippen LogP contribution in [0.25, 0.3) is 0 Å². The number of rotatable bonds is 5. The molecule has 1 heterocycles. The molecule has 2 rings (SSSR count). The minimum Gasteiger partial charge on any atom is -0.478 e. The fourth-order valence-electron chi connectivity index (χ4n) is 1.53. The molecule has 0 saturated carbocycles. The SMILES string of the molecule is Cc1ccc(CNS(=O)(=O)c2cc(C(=O)O)cs2)cc1. The zero-order valence-electron chi connectivity index (χ0n) is 10.7. The molecule has 0 atom stereocenters. The van der Waals surface area contributed by atoms with Gasteiger partial charge in [-0.25, -0.2) is 17.9 Å². The monoisotopic (exact) mass is 311 g/mol. The highest BCUT2D eigenvalue weighted by atomic mass is 32.2. The zero-order chi connectivity index (χ0) is 14.8. The second kappa shape index (κ2) is 5.74. The van der Waals surface area contributed by atoms with Gasteiger partial charge in [0.1, 0.15) is 4.21 Å². The summed E-state index contributed by atoms with van der Waals surface area (Å²) in [6.07, 6.45) is 0. The molecule has 0 aliphatic carbocycles. The third-order valence-electron chi connectivity index (χ3n) is 2.67. The summed E-state index contributed by atoms with van der Waals surface area (Å²) in [5.41, 5.74) is 1.92. The lowest BCUT2D eigenvalue weighted by Crippen LogP contribution is -2.22. The maximum atomic E-state index is 12.0. The Hall–Kier alpha value is -1.70. The Bertz CT molecular complexity index is 717. The van der Waals surface area contributed by atoms with E-state index in [2.05, 4.69) is 4.72 Å². The van der Waals surface area contributed by atoms with Crippen LogP contribution in [0, 0.1) is 6.92 Å². The van der Waals surface area contributed by atoms with Gasteiger partial charge in [0.05, 0.1) is 5.56 Å². The molecule has 2 N–H and O–H groups in total. The molecule has 0 unspecified atom stereocenters. The van der Waals surface area contributed by atoms with Crippen LogP contribution in [0.15, 0.2) is 39.9 Å². The van der Waals surface area contributed by atoms with Gasteiger partial charge in [-0.1, -0.05) is 29.8 Å². The zero-order valence-corrected chi connectivity index (χ0v) is 12.3. The smallest absolute Gasteiger partial charge is 0.336 e. The summed E-state index contributed by atoms with van der Waals surface area (Å²) >= 11 is 0.891. The Morgan fingerprint density at radius 1 is 1.30 bits per heavy atom. The van der Waals surface area contributed by atoms with E-state index in [0.29, 0.717) is 0 Å². The van der Waals surface area contributed by atoms with Crippen molar-refractivity contribution in [2.45, 2.75) is 17.7 Å². The Labute approximate surface area is 120 Å². The van der Waals surface area contributed by atoms with Crippen molar-refractivity contribution in [3.8, 4) is 0 Å². The summed E-state index contributed by atoms with van der Waals surface area (Å²) in [4.78, 5) is 10.7. The summed E-state index contributed by atoms with van der Waals surface area (Å²) < 4.78 is 26.5. The first-order valence-corrected chi connectivity index (χ1v) is 8.12. The van der Waals surface area contributed by atoms with Gasteiger partial charge in [-0.3, -0.25) is 0 Å². The summed E-state index contributed by atoms with van der Waals surface area (Å²) in [6.45, 7) is 2.12. The van der Waals surface area contributed by atoms with Gasteiger partial charge >= 0.3 is 5.97 Å². The Balaban J connectivity index is 2.10. The topological polar surface area (TPSA) is 83.5 Å². The minimum absolute atomic E-state index is 0.00186. The molecule has 2 aromatic rings. The van der Waals surface area contributed by atoms with Gasteiger partial charge in [0.25, 0.3) is 0 Å². The summed E-state index contributed by atoms with van der Waals surface area (Å²) in [5.74, 6) is -1.14. The molecule has 0 aliphatic rings. The van der Waals surface area contributed by atoms with E-state index in [0.717, 1.165) is 28.5 Å². The first-order valence-electron chi connectivity index (χ1n) is 5.75. The number of carbonyl (C=O) groups is 1. The highest BCUT2D eigenvalue weighted by molar-refractivity contribution is 7.91. The molecular formula is C13H13NO4S2. The number of hydrogen-bond acceptors (Lipinski definition) is 4. The standard InChI is InChI=1S/C13H13NO4S2/c1-9-2-4-10(5-3-9)7-14-20(17,18)12-6-11(8-19-12)13(15)16/h2-6,8,14H,7H2,1H3,(H,15,16). The molecule has 5 nitrogen and oxygen atoms in total. The molecule has 1 aromatic heterocycles. The number of carboxylic acid groups (broad SMARTS) is 1. The Morgan fingerprint density at radius 3 is 2.50 bits per heavy atom. The van der Waals surface area contributed by atoms with E-state index in [4.69, 9.17) is 5.11 Å². The Kier molecular flexibility index (Phi) is 4.22. The highest BCUT2D eigenvalue weighted by Gasteiger charge is 2.18. The molecular weight excluding hydrogens is 298 g/mol. The van der Waals surface area contributed by atoms with Gasteiger partial charge in [-0.05, 0) is 18.6 Å². The fraction of sp³-hybridized carbons (Fsp3) is 0.154. The largest absolute Gasteiger partial charge is 0.478 e. The summed E-state index contributed by atoms with van der Waals surface area (Å²) in [6, 6.07) is 8.64. The maximum Gasteiger partial charge on any atom is 0.336 e. The van der Waals surface area contributed by atoms with Crippen molar-refractivity contribution in [1.29, 1.82) is 0 Å². The van der Waals surface area contributed by atoms with Gasteiger partial charge in [0.2, 0.25) is 10.0 Å². The van der Waals surface area contributed by atoms with Crippen molar-refractivity contribution in [3.05, 3.63) is 52.4 Å². The highest BCUT2D eigenvalue weighted by Crippen LogP contribution is 2.20. The van der Waals surface area contributed by atoms with Crippen molar-refractivity contribution in [2.75, 3.05) is 0 Å². The predicted octanol–water partition coefficient (Wildman–Crippen LogP) is 2.23. The van der Waals surface area contributed by atoms with Gasteiger partial charge < -0.3 is 5.11 Å². The molecule has 0 fully saturated rings. The van der Waals surface area contributed by atoms with Crippen LogP contribution in [0.1, 0.15) is 21.5 Å². The maximum absolute atomic E-state index is 12.0. The van der Waals surface area contributed by atoms with E-state index in [1.165, 1.54) is 5.38 Å². The minimum atomic E-state index is -3.68. The van der Waals surface area contributed by atoms with Crippen LogP contribution in [0.3, 0.4) is 0 Å². The second-order valence-corrected chi connectivity index (χ2v) is 7.17. The van der Waals surface area contributed by atoms with Crippen molar-refractivity contribution < 1.29 is 18.3 Å². The molecule has 0 saturated heterocycles. The molecule has 0 radical (unpaired) electrons. The predicted molar refractivity (Wildman–Crippen MR) is 76.5 cm³/mol. The number of benzene rings is 1. The van der Waals surface area contributed by atoms with Crippen molar-refractivity contribution in [2.24, 2.45) is 0 Å². The van der Waals surface area contributed by atoms with Crippen LogP contribution in [0.2, 0.25) is 0 Å². The first-order chi connectivity index (χ1) is 9.38. The molecule has 0 aliphatic heterocycles. The van der Waals surface area contributed by atoms with Gasteiger partial charge in [-0.15, -0.1) is 11.3 Å². The third kappa shape index (κ3) is 3.44. The van der Waals surface area contributed by atoms with Crippen LogP contribution in [0.4, 0.5) is 0 Å². The quantitative estimate of drug-likeness (QED) is 0.887. The number of hydrogen-bond donors (Lipinski definition) is 2. The van der Waals surface area contributed by atoms with Crippen LogP contribution in [-0.2, 0) is 16.6 Å². The number of nitrogens with one attached hydrogen (secondary N) is 1. The van der Waals surface area contributed by atoms with E-state index in [9.17, 15) is 13.2 Å². The summed E-state index contributed by atoms with van der Waals surface area (Å²) in [7, 11) is -3.68. The van der Waals surface area contributed by atoms with Gasteiger partial charge in [-0.2, -0.15) is 0 Å². The molecule has 0 bridgehead atoms. The molecule has 20 heavy (non-hydrogen) atoms. The van der Waals surface area contributed by atoms with Crippen LogP contribution >= 0.6 is 11.3 Å². The van der Waals surface area contributed by atoms with Gasteiger partial charge in [0.15, 0.2) is 0 Å². The number of sulfonamides is 1. The van der Waals surface area contributed by atoms with E-state index < -0.39 is 16.0 Å². The third-order valence-corrected chi connectivity index (χ3v) is 5.51. The lowest BCUT2D eigenvalue weighted by molar-refractivity contribution is 0.0697. The lowest BCUT2D eigenvalue weighted by Gasteiger charge is -2.05. The first kappa shape index (κ1) is 14.7. The van der Waals surface area contributed by atoms with Crippen molar-refractivity contribution in [3.63, 3.8) is 0 Å². The van der Waals surface area contributed by atoms with E-state index >= 15 is 0 Å².